The highest BCUT2D eigenvalue weighted by molar-refractivity contribution is 5.95. The van der Waals surface area contributed by atoms with Crippen molar-refractivity contribution < 1.29 is 23.1 Å². The number of ether oxygens (including phenoxy) is 1. The minimum Gasteiger partial charge on any atom is -0.365 e. The zero-order valence-electron chi connectivity index (χ0n) is 18.4. The first kappa shape index (κ1) is 22.2. The Morgan fingerprint density at radius 3 is 2.29 bits per heavy atom. The summed E-state index contributed by atoms with van der Waals surface area (Å²) in [6, 6.07) is 11.9. The van der Waals surface area contributed by atoms with E-state index in [9.17, 15) is 18.4 Å². The number of halogens is 2. The second-order valence-corrected chi connectivity index (χ2v) is 8.61. The molecule has 3 heterocycles. The zero-order valence-corrected chi connectivity index (χ0v) is 18.4. The monoisotopic (exact) mass is 466 g/mol. The van der Waals surface area contributed by atoms with Gasteiger partial charge < -0.3 is 19.5 Å². The van der Waals surface area contributed by atoms with Crippen molar-refractivity contribution in [2.75, 3.05) is 18.4 Å². The molecule has 0 aliphatic carbocycles. The lowest BCUT2D eigenvalue weighted by Crippen LogP contribution is -2.42. The summed E-state index contributed by atoms with van der Waals surface area (Å²) in [6.07, 6.45) is 2.49. The number of imidazole rings is 1. The maximum absolute atomic E-state index is 13.2. The number of benzene rings is 2. The van der Waals surface area contributed by atoms with Crippen LogP contribution in [0.2, 0.25) is 0 Å². The molecule has 5 rings (SSSR count). The van der Waals surface area contributed by atoms with E-state index in [1.807, 2.05) is 4.57 Å². The summed E-state index contributed by atoms with van der Waals surface area (Å²) in [5.41, 5.74) is 2.51. The lowest BCUT2D eigenvalue weighted by Gasteiger charge is -2.31. The minimum atomic E-state index is -0.359. The molecule has 34 heavy (non-hydrogen) atoms. The normalized spacial score (nSPS) is 18.4. The second kappa shape index (κ2) is 9.34. The van der Waals surface area contributed by atoms with Crippen LogP contribution in [0.1, 0.15) is 40.7 Å². The van der Waals surface area contributed by atoms with Gasteiger partial charge in [0, 0.05) is 24.7 Å². The van der Waals surface area contributed by atoms with Crippen molar-refractivity contribution in [3.8, 4) is 0 Å². The molecular weight excluding hydrogens is 442 g/mol. The summed E-state index contributed by atoms with van der Waals surface area (Å²) in [5, 5.41) is 2.81. The standard InChI is InChI=1S/C25H24F2N4O3/c26-18-3-1-16(2-4-18)22-13-31-15-28-23(21(31)14-34-22)25(33)30-11-9-17(10-12-30)24(32)29-20-7-5-19(27)6-8-20/h1-8,15,17,22H,9-14H2,(H,29,32)/t22-/m0/s1. The number of hydrogen-bond donors (Lipinski definition) is 1. The highest BCUT2D eigenvalue weighted by atomic mass is 19.1. The average Bonchev–Trinajstić information content (AvgIpc) is 3.29. The number of amides is 2. The average molecular weight is 466 g/mol. The van der Waals surface area contributed by atoms with Gasteiger partial charge in [-0.1, -0.05) is 12.1 Å². The molecule has 2 amide bonds. The molecule has 1 N–H and O–H groups in total. The Hall–Kier alpha value is -3.59. The summed E-state index contributed by atoms with van der Waals surface area (Å²) in [6.45, 7) is 1.63. The lowest BCUT2D eigenvalue weighted by molar-refractivity contribution is -0.121. The number of rotatable bonds is 4. The van der Waals surface area contributed by atoms with Crippen molar-refractivity contribution in [2.45, 2.75) is 32.1 Å². The van der Waals surface area contributed by atoms with Gasteiger partial charge in [-0.15, -0.1) is 0 Å². The van der Waals surface area contributed by atoms with Gasteiger partial charge in [-0.2, -0.15) is 0 Å². The second-order valence-electron chi connectivity index (χ2n) is 8.61. The number of hydrogen-bond acceptors (Lipinski definition) is 4. The van der Waals surface area contributed by atoms with Gasteiger partial charge in [0.1, 0.15) is 17.7 Å². The van der Waals surface area contributed by atoms with Gasteiger partial charge in [-0.3, -0.25) is 9.59 Å². The van der Waals surface area contributed by atoms with E-state index in [0.717, 1.165) is 11.3 Å². The number of nitrogens with zero attached hydrogens (tertiary/aromatic N) is 3. The van der Waals surface area contributed by atoms with E-state index in [1.165, 1.54) is 36.4 Å². The summed E-state index contributed by atoms with van der Waals surface area (Å²) in [5.74, 6) is -1.17. The number of piperidine rings is 1. The SMILES string of the molecule is O=C(Nc1ccc(F)cc1)C1CCN(C(=O)c2ncn3c2CO[C@H](c2ccc(F)cc2)C3)CC1. The third-order valence-corrected chi connectivity index (χ3v) is 6.44. The fraction of sp³-hybridized carbons (Fsp3) is 0.320. The maximum atomic E-state index is 13.2. The van der Waals surface area contributed by atoms with Crippen LogP contribution < -0.4 is 5.32 Å². The molecule has 0 spiro atoms. The van der Waals surface area contributed by atoms with Crippen LogP contribution >= 0.6 is 0 Å². The van der Waals surface area contributed by atoms with Crippen LogP contribution in [0, 0.1) is 17.6 Å². The summed E-state index contributed by atoms with van der Waals surface area (Å²) >= 11 is 0. The van der Waals surface area contributed by atoms with Gasteiger partial charge in [0.25, 0.3) is 5.91 Å². The molecule has 2 aromatic carbocycles. The maximum Gasteiger partial charge on any atom is 0.274 e. The third-order valence-electron chi connectivity index (χ3n) is 6.44. The molecule has 2 aliphatic heterocycles. The third kappa shape index (κ3) is 4.56. The molecule has 0 saturated carbocycles. The van der Waals surface area contributed by atoms with Crippen LogP contribution in [-0.4, -0.2) is 39.4 Å². The highest BCUT2D eigenvalue weighted by Crippen LogP contribution is 2.29. The molecule has 2 aliphatic rings. The first-order valence-electron chi connectivity index (χ1n) is 11.2. The molecule has 9 heteroatoms. The van der Waals surface area contributed by atoms with Crippen molar-refractivity contribution in [3.05, 3.63) is 83.4 Å². The molecule has 0 bridgehead atoms. The number of carbonyl (C=O) groups is 2. The predicted octanol–water partition coefficient (Wildman–Crippen LogP) is 3.92. The zero-order chi connectivity index (χ0) is 23.7. The fourth-order valence-corrected chi connectivity index (χ4v) is 4.46. The van der Waals surface area contributed by atoms with E-state index < -0.39 is 0 Å². The van der Waals surface area contributed by atoms with Gasteiger partial charge >= 0.3 is 0 Å². The van der Waals surface area contributed by atoms with Crippen LogP contribution in [0.25, 0.3) is 0 Å². The molecule has 1 fully saturated rings. The van der Waals surface area contributed by atoms with E-state index in [0.29, 0.717) is 43.9 Å². The lowest BCUT2D eigenvalue weighted by atomic mass is 9.95. The number of carbonyl (C=O) groups excluding carboxylic acids is 2. The number of likely N-dealkylation sites (tertiary alicyclic amines) is 1. The molecule has 1 atom stereocenters. The van der Waals surface area contributed by atoms with Gasteiger partial charge in [0.2, 0.25) is 5.91 Å². The van der Waals surface area contributed by atoms with Crippen LogP contribution in [-0.2, 0) is 22.7 Å². The quantitative estimate of drug-likeness (QED) is 0.632. The van der Waals surface area contributed by atoms with Crippen LogP contribution in [0.3, 0.4) is 0 Å². The van der Waals surface area contributed by atoms with Crippen molar-refractivity contribution >= 4 is 17.5 Å². The van der Waals surface area contributed by atoms with E-state index >= 15 is 0 Å². The van der Waals surface area contributed by atoms with E-state index in [-0.39, 0.29) is 42.1 Å². The van der Waals surface area contributed by atoms with Crippen molar-refractivity contribution in [1.29, 1.82) is 0 Å². The molecule has 1 aromatic heterocycles. The largest absolute Gasteiger partial charge is 0.365 e. The summed E-state index contributed by atoms with van der Waals surface area (Å²) in [7, 11) is 0. The Labute approximate surface area is 195 Å². The van der Waals surface area contributed by atoms with Crippen LogP contribution in [0.15, 0.2) is 54.9 Å². The first-order valence-corrected chi connectivity index (χ1v) is 11.2. The van der Waals surface area contributed by atoms with Crippen LogP contribution in [0.4, 0.5) is 14.5 Å². The summed E-state index contributed by atoms with van der Waals surface area (Å²) in [4.78, 5) is 31.8. The molecule has 0 unspecified atom stereocenters. The first-order chi connectivity index (χ1) is 16.5. The number of anilines is 1. The molecule has 3 aromatic rings. The van der Waals surface area contributed by atoms with Crippen molar-refractivity contribution in [3.63, 3.8) is 0 Å². The van der Waals surface area contributed by atoms with Gasteiger partial charge in [0.05, 0.1) is 25.2 Å². The van der Waals surface area contributed by atoms with E-state index in [1.54, 1.807) is 23.4 Å². The Morgan fingerprint density at radius 1 is 0.971 bits per heavy atom. The van der Waals surface area contributed by atoms with Gasteiger partial charge in [-0.25, -0.2) is 13.8 Å². The summed E-state index contributed by atoms with van der Waals surface area (Å²) < 4.78 is 34.1. The minimum absolute atomic E-state index is 0.127. The molecule has 1 saturated heterocycles. The number of nitrogens with one attached hydrogen (secondary N) is 1. The molecular formula is C25H24F2N4O3. The van der Waals surface area contributed by atoms with Crippen LogP contribution in [0.5, 0.6) is 0 Å². The van der Waals surface area contributed by atoms with Gasteiger partial charge in [0.15, 0.2) is 5.69 Å². The van der Waals surface area contributed by atoms with E-state index in [2.05, 4.69) is 10.3 Å². The van der Waals surface area contributed by atoms with Crippen molar-refractivity contribution in [1.82, 2.24) is 14.5 Å². The molecule has 176 valence electrons. The Kier molecular flexibility index (Phi) is 6.10. The Morgan fingerprint density at radius 2 is 1.62 bits per heavy atom. The number of aromatic nitrogens is 2. The van der Waals surface area contributed by atoms with E-state index in [4.69, 9.17) is 4.74 Å². The Balaban J connectivity index is 1.18. The number of fused-ring (bicyclic) bond motifs is 1. The fourth-order valence-electron chi connectivity index (χ4n) is 4.46. The smallest absolute Gasteiger partial charge is 0.274 e. The molecule has 0 radical (unpaired) electrons. The topological polar surface area (TPSA) is 76.5 Å². The Bertz CT molecular complexity index is 1190. The predicted molar refractivity (Wildman–Crippen MR) is 120 cm³/mol. The van der Waals surface area contributed by atoms with Gasteiger partial charge in [-0.05, 0) is 54.8 Å². The molecule has 7 nitrogen and oxygen atoms in total. The highest BCUT2D eigenvalue weighted by Gasteiger charge is 2.32. The van der Waals surface area contributed by atoms with Crippen molar-refractivity contribution in [2.24, 2.45) is 5.92 Å².